The van der Waals surface area contributed by atoms with E-state index in [1.165, 1.54) is 6.92 Å². The van der Waals surface area contributed by atoms with E-state index < -0.39 is 48.2 Å². The summed E-state index contributed by atoms with van der Waals surface area (Å²) in [5.74, 6) is -1.03. The molecule has 0 unspecified atom stereocenters. The third-order valence-corrected chi connectivity index (χ3v) is 4.96. The van der Waals surface area contributed by atoms with Crippen LogP contribution in [0.15, 0.2) is 12.2 Å². The highest BCUT2D eigenvalue weighted by molar-refractivity contribution is 5.87. The van der Waals surface area contributed by atoms with E-state index in [4.69, 9.17) is 9.47 Å². The summed E-state index contributed by atoms with van der Waals surface area (Å²) in [6.45, 7) is 6.17. The maximum atomic E-state index is 12.8. The van der Waals surface area contributed by atoms with Gasteiger partial charge in [0.1, 0.15) is 6.10 Å². The van der Waals surface area contributed by atoms with Crippen molar-refractivity contribution >= 4 is 5.97 Å². The molecule has 158 valence electrons. The van der Waals surface area contributed by atoms with Gasteiger partial charge in [0.2, 0.25) is 0 Å². The fourth-order valence-electron chi connectivity index (χ4n) is 2.91. The van der Waals surface area contributed by atoms with E-state index in [0.29, 0.717) is 0 Å². The van der Waals surface area contributed by atoms with Crippen LogP contribution < -0.4 is 0 Å². The third-order valence-electron chi connectivity index (χ3n) is 4.96. The van der Waals surface area contributed by atoms with Crippen LogP contribution in [0, 0.1) is 5.92 Å². The molecule has 27 heavy (non-hydrogen) atoms. The Bertz CT molecular complexity index is 531. The van der Waals surface area contributed by atoms with Gasteiger partial charge >= 0.3 is 18.3 Å². The van der Waals surface area contributed by atoms with E-state index >= 15 is 0 Å². The number of esters is 1. The van der Waals surface area contributed by atoms with Crippen molar-refractivity contribution in [2.45, 2.75) is 76.1 Å². The standard InChI is InChI=1S/C17H24F6O4/c1-10(2)13(24)27-12-5-7-14(8-6-12,11(3)4)26-9-15(25,16(18,19)20)17(21,22)23/h11-12,25H,1,5-9H2,2-4H3. The number of halogens is 6. The average Bonchev–Trinajstić information content (AvgIpc) is 2.51. The number of aliphatic hydroxyl groups is 1. The molecule has 0 bridgehead atoms. The van der Waals surface area contributed by atoms with Gasteiger partial charge in [0.05, 0.1) is 12.2 Å². The zero-order valence-electron chi connectivity index (χ0n) is 15.3. The molecule has 1 rings (SSSR count). The van der Waals surface area contributed by atoms with E-state index in [-0.39, 0.29) is 31.3 Å². The van der Waals surface area contributed by atoms with Gasteiger partial charge in [-0.1, -0.05) is 20.4 Å². The molecule has 1 aliphatic carbocycles. The summed E-state index contributed by atoms with van der Waals surface area (Å²) in [4.78, 5) is 11.5. The second-order valence-electron chi connectivity index (χ2n) is 7.25. The van der Waals surface area contributed by atoms with Crippen LogP contribution in [0.1, 0.15) is 46.5 Å². The van der Waals surface area contributed by atoms with Crippen molar-refractivity contribution < 1.29 is 45.7 Å². The molecule has 10 heteroatoms. The summed E-state index contributed by atoms with van der Waals surface area (Å²) in [5.41, 5.74) is -6.06. The third kappa shape index (κ3) is 5.16. The number of hydrogen-bond donors (Lipinski definition) is 1. The van der Waals surface area contributed by atoms with Crippen molar-refractivity contribution in [3.05, 3.63) is 12.2 Å². The number of carbonyl (C=O) groups excluding carboxylic acids is 1. The van der Waals surface area contributed by atoms with Gasteiger partial charge in [-0.2, -0.15) is 26.3 Å². The smallest absolute Gasteiger partial charge is 0.428 e. The molecule has 0 aliphatic heterocycles. The minimum atomic E-state index is -5.93. The van der Waals surface area contributed by atoms with Crippen molar-refractivity contribution in [1.29, 1.82) is 0 Å². The largest absolute Gasteiger partial charge is 0.459 e. The van der Waals surface area contributed by atoms with Crippen LogP contribution in [-0.4, -0.2) is 47.3 Å². The first-order chi connectivity index (χ1) is 12.1. The van der Waals surface area contributed by atoms with Gasteiger partial charge in [-0.3, -0.25) is 0 Å². The van der Waals surface area contributed by atoms with Crippen molar-refractivity contribution in [1.82, 2.24) is 0 Å². The Kier molecular flexibility index (Phi) is 7.02. The molecule has 1 N–H and O–H groups in total. The molecule has 0 amide bonds. The number of ether oxygens (including phenoxy) is 2. The Balaban J connectivity index is 2.89. The Morgan fingerprint density at radius 3 is 1.93 bits per heavy atom. The number of carbonyl (C=O) groups is 1. The second kappa shape index (κ2) is 7.98. The Morgan fingerprint density at radius 1 is 1.15 bits per heavy atom. The minimum absolute atomic E-state index is 0.0879. The molecule has 0 spiro atoms. The second-order valence-corrected chi connectivity index (χ2v) is 7.25. The van der Waals surface area contributed by atoms with Crippen LogP contribution in [0.25, 0.3) is 0 Å². The van der Waals surface area contributed by atoms with Crippen LogP contribution in [-0.2, 0) is 14.3 Å². The summed E-state index contributed by atoms with van der Waals surface area (Å²) in [5, 5.41) is 9.29. The van der Waals surface area contributed by atoms with E-state index in [2.05, 4.69) is 6.58 Å². The number of alkyl halides is 6. The first kappa shape index (κ1) is 23.7. The molecular formula is C17H24F6O4. The molecule has 0 aromatic heterocycles. The summed E-state index contributed by atoms with van der Waals surface area (Å²) in [6.07, 6.45) is -11.8. The number of hydrogen-bond acceptors (Lipinski definition) is 4. The van der Waals surface area contributed by atoms with Gasteiger partial charge < -0.3 is 14.6 Å². The van der Waals surface area contributed by atoms with Crippen LogP contribution in [0.5, 0.6) is 0 Å². The van der Waals surface area contributed by atoms with Gasteiger partial charge in [-0.25, -0.2) is 4.79 Å². The predicted molar refractivity (Wildman–Crippen MR) is 83.7 cm³/mol. The van der Waals surface area contributed by atoms with Crippen molar-refractivity contribution in [3.63, 3.8) is 0 Å². The molecule has 1 aliphatic rings. The lowest BCUT2D eigenvalue weighted by Gasteiger charge is -2.45. The lowest BCUT2D eigenvalue weighted by Crippen LogP contribution is -2.61. The van der Waals surface area contributed by atoms with Crippen LogP contribution in [0.2, 0.25) is 0 Å². The molecular weight excluding hydrogens is 382 g/mol. The molecule has 1 fully saturated rings. The predicted octanol–water partition coefficient (Wildman–Crippen LogP) is 4.32. The van der Waals surface area contributed by atoms with Gasteiger partial charge in [0.15, 0.2) is 0 Å². The molecule has 0 saturated heterocycles. The lowest BCUT2D eigenvalue weighted by atomic mass is 9.75. The van der Waals surface area contributed by atoms with Crippen molar-refractivity contribution in [2.75, 3.05) is 6.61 Å². The first-order valence-electron chi connectivity index (χ1n) is 8.42. The Morgan fingerprint density at radius 2 is 1.59 bits per heavy atom. The monoisotopic (exact) mass is 406 g/mol. The highest BCUT2D eigenvalue weighted by atomic mass is 19.4. The maximum absolute atomic E-state index is 12.8. The van der Waals surface area contributed by atoms with E-state index in [0.717, 1.165) is 0 Å². The lowest BCUT2D eigenvalue weighted by molar-refractivity contribution is -0.384. The van der Waals surface area contributed by atoms with Gasteiger partial charge in [-0.05, 0) is 38.5 Å². The Hall–Kier alpha value is -1.29. The van der Waals surface area contributed by atoms with Crippen LogP contribution in [0.4, 0.5) is 26.3 Å². The molecule has 0 atom stereocenters. The van der Waals surface area contributed by atoms with Crippen LogP contribution in [0.3, 0.4) is 0 Å². The fourth-order valence-corrected chi connectivity index (χ4v) is 2.91. The van der Waals surface area contributed by atoms with Crippen molar-refractivity contribution in [2.24, 2.45) is 5.92 Å². The minimum Gasteiger partial charge on any atom is -0.459 e. The van der Waals surface area contributed by atoms with Crippen molar-refractivity contribution in [3.8, 4) is 0 Å². The van der Waals surface area contributed by atoms with E-state index in [1.54, 1.807) is 13.8 Å². The first-order valence-corrected chi connectivity index (χ1v) is 8.42. The quantitative estimate of drug-likeness (QED) is 0.406. The Labute approximate surface area is 153 Å². The molecule has 4 nitrogen and oxygen atoms in total. The topological polar surface area (TPSA) is 55.8 Å². The summed E-state index contributed by atoms with van der Waals surface area (Å²) >= 11 is 0. The zero-order valence-corrected chi connectivity index (χ0v) is 15.3. The molecule has 0 aromatic rings. The van der Waals surface area contributed by atoms with Gasteiger partial charge in [0.25, 0.3) is 5.60 Å². The summed E-state index contributed by atoms with van der Waals surface area (Å²) < 4.78 is 87.4. The molecule has 0 heterocycles. The number of rotatable bonds is 6. The van der Waals surface area contributed by atoms with Gasteiger partial charge in [0, 0.05) is 5.57 Å². The van der Waals surface area contributed by atoms with Crippen LogP contribution >= 0.6 is 0 Å². The SMILES string of the molecule is C=C(C)C(=O)OC1CCC(OCC(O)(C(F)(F)F)C(F)(F)F)(C(C)C)CC1. The van der Waals surface area contributed by atoms with E-state index in [9.17, 15) is 36.2 Å². The summed E-state index contributed by atoms with van der Waals surface area (Å²) in [6, 6.07) is 0. The molecule has 0 aromatic carbocycles. The summed E-state index contributed by atoms with van der Waals surface area (Å²) in [7, 11) is 0. The highest BCUT2D eigenvalue weighted by Crippen LogP contribution is 2.46. The highest BCUT2D eigenvalue weighted by Gasteiger charge is 2.71. The molecule has 0 radical (unpaired) electrons. The fraction of sp³-hybridized carbons (Fsp3) is 0.824. The van der Waals surface area contributed by atoms with E-state index in [1.807, 2.05) is 0 Å². The van der Waals surface area contributed by atoms with Gasteiger partial charge in [-0.15, -0.1) is 0 Å². The molecule has 1 saturated carbocycles. The zero-order chi connectivity index (χ0) is 21.3. The maximum Gasteiger partial charge on any atom is 0.428 e. The average molecular weight is 406 g/mol. The normalized spacial score (nSPS) is 24.8.